The first-order valence-electron chi connectivity index (χ1n) is 42.3. The van der Waals surface area contributed by atoms with Crippen molar-refractivity contribution in [1.82, 2.24) is 37.2 Å². The Bertz CT molecular complexity index is 3530. The van der Waals surface area contributed by atoms with Gasteiger partial charge in [-0.2, -0.15) is 0 Å². The average Bonchev–Trinajstić information content (AvgIpc) is 0.781. The van der Waals surface area contributed by atoms with Crippen molar-refractivity contribution < 1.29 is 172 Å². The first-order valence-corrected chi connectivity index (χ1v) is 42.3. The van der Waals surface area contributed by atoms with E-state index in [1.54, 1.807) is 6.08 Å². The van der Waals surface area contributed by atoms with Crippen LogP contribution in [0.1, 0.15) is 212 Å². The predicted molar refractivity (Wildman–Crippen MR) is 429 cm³/mol. The Hall–Kier alpha value is -9.63. The number of hydrogen-bond acceptors (Lipinski definition) is 35. The molecule has 3 unspecified atom stereocenters. The lowest BCUT2D eigenvalue weighted by atomic mass is 9.91. The van der Waals surface area contributed by atoms with Gasteiger partial charge in [0, 0.05) is 167 Å². The second-order valence-corrected chi connectivity index (χ2v) is 30.3. The molecule has 43 heteroatoms. The predicted octanol–water partition coefficient (Wildman–Crippen LogP) is 1.45. The summed E-state index contributed by atoms with van der Waals surface area (Å²) >= 11 is 0. The van der Waals surface area contributed by atoms with Gasteiger partial charge in [0.1, 0.15) is 68.5 Å². The van der Waals surface area contributed by atoms with E-state index in [0.29, 0.717) is 96.3 Å². The fraction of sp³-hybridized carbons (Fsp3) is 0.768. The summed E-state index contributed by atoms with van der Waals surface area (Å²) in [6, 6.07) is -3.43. The van der Waals surface area contributed by atoms with Gasteiger partial charge in [-0.05, 0) is 57.4 Å². The Morgan fingerprint density at radius 2 is 0.616 bits per heavy atom. The molecular formula is C82H129N7O36. The van der Waals surface area contributed by atoms with Crippen LogP contribution in [-0.4, -0.2) is 302 Å². The molecule has 0 aromatic heterocycles. The van der Waals surface area contributed by atoms with E-state index in [1.165, 1.54) is 41.5 Å². The van der Waals surface area contributed by atoms with E-state index in [0.717, 1.165) is 41.5 Å². The average molecular weight is 1790 g/mol. The molecule has 1 aliphatic carbocycles. The van der Waals surface area contributed by atoms with Crippen molar-refractivity contribution in [2.24, 2.45) is 0 Å². The molecule has 4 aliphatic rings. The van der Waals surface area contributed by atoms with Crippen LogP contribution in [0.5, 0.6) is 0 Å². The van der Waals surface area contributed by atoms with Crippen molar-refractivity contribution in [2.75, 3.05) is 85.6 Å². The molecule has 0 aromatic carbocycles. The first-order chi connectivity index (χ1) is 59.4. The van der Waals surface area contributed by atoms with Crippen LogP contribution >= 0.6 is 0 Å². The summed E-state index contributed by atoms with van der Waals surface area (Å²) in [6.07, 6.45) is -8.94. The maximum atomic E-state index is 14.0. The van der Waals surface area contributed by atoms with E-state index in [9.17, 15) is 81.5 Å². The number of hydrogen-bond donors (Lipinski definition) is 8. The van der Waals surface area contributed by atoms with Crippen LogP contribution in [0.15, 0.2) is 11.6 Å². The molecule has 3 heterocycles. The van der Waals surface area contributed by atoms with E-state index in [2.05, 4.69) is 37.2 Å². The van der Waals surface area contributed by atoms with Crippen LogP contribution in [-0.2, 0) is 167 Å². The molecule has 0 aromatic rings. The minimum absolute atomic E-state index is 0.0451. The van der Waals surface area contributed by atoms with Crippen molar-refractivity contribution in [3.05, 3.63) is 11.6 Å². The molecular weight excluding hydrogens is 1660 g/mol. The lowest BCUT2D eigenvalue weighted by molar-refractivity contribution is -0.277. The number of carbonyl (C=O) groups excluding carboxylic acids is 16. The van der Waals surface area contributed by atoms with Crippen LogP contribution < -0.4 is 37.2 Å². The topological polar surface area (TPSA) is 561 Å². The summed E-state index contributed by atoms with van der Waals surface area (Å²) in [7, 11) is 0. The fourth-order valence-corrected chi connectivity index (χ4v) is 13.9. The highest BCUT2D eigenvalue weighted by Crippen LogP contribution is 2.33. The number of esters is 9. The van der Waals surface area contributed by atoms with Crippen molar-refractivity contribution in [2.45, 2.75) is 322 Å². The molecule has 8 N–H and O–H groups in total. The zero-order chi connectivity index (χ0) is 92.5. The molecule has 3 aliphatic heterocycles. The Morgan fingerprint density at radius 3 is 0.928 bits per heavy atom. The number of carboxylic acids is 1. The third-order valence-electron chi connectivity index (χ3n) is 19.3. The highest BCUT2D eigenvalue weighted by atomic mass is 16.7. The number of carbonyl (C=O) groups is 17. The number of carboxylic acid groups (broad SMARTS) is 1. The van der Waals surface area contributed by atoms with Crippen LogP contribution in [0.3, 0.4) is 0 Å². The summed E-state index contributed by atoms with van der Waals surface area (Å²) in [5.41, 5.74) is 0.228. The number of amides is 7. The molecule has 0 saturated carbocycles. The van der Waals surface area contributed by atoms with Gasteiger partial charge in [-0.15, -0.1) is 0 Å². The number of ether oxygens (including phenoxy) is 18. The minimum atomic E-state index is -1.29. The van der Waals surface area contributed by atoms with Gasteiger partial charge >= 0.3 is 59.7 Å². The minimum Gasteiger partial charge on any atom is -0.481 e. The van der Waals surface area contributed by atoms with E-state index in [1.807, 2.05) is 0 Å². The Labute approximate surface area is 726 Å². The largest absolute Gasteiger partial charge is 0.481 e. The van der Waals surface area contributed by atoms with Crippen LogP contribution in [0.2, 0.25) is 0 Å². The zero-order valence-electron chi connectivity index (χ0n) is 73.5. The molecule has 708 valence electrons. The SMILES string of the molecule is CC(=O)N[C@H]1[C@H](OCCCCCCNC(=O)CCO[C@@H]2[C@H](OCCC(=O)NCCCCCCO[C@@H]3O[C@H](COC(C)=O)C(OC(C)=O)[C@H](OC(C)=O)[C@H]3NC(C)=O)C=C(C(=O)NCCCCCC(=O)O)C[C@H]2OCCC(=O)NCCCCCCOC2O[C@H](COC(C)=O)[C@H](OC(C)=O)[C@H](OC(C)=O)[C@H]2NC(C)=O)O[C@H](COC(C)=O)C(OC(C)=O)[C@@H]1OC(C)=O. The molecule has 7 amide bonds. The fourth-order valence-electron chi connectivity index (χ4n) is 13.9. The molecule has 3 saturated heterocycles. The van der Waals surface area contributed by atoms with Crippen LogP contribution in [0, 0.1) is 0 Å². The highest BCUT2D eigenvalue weighted by molar-refractivity contribution is 5.94. The van der Waals surface area contributed by atoms with Crippen molar-refractivity contribution in [1.29, 1.82) is 0 Å². The Morgan fingerprint density at radius 1 is 0.320 bits per heavy atom. The molecule has 0 bridgehead atoms. The second kappa shape index (κ2) is 59.4. The molecule has 3 fully saturated rings. The maximum absolute atomic E-state index is 14.0. The number of unbranched alkanes of at least 4 members (excludes halogenated alkanes) is 11. The van der Waals surface area contributed by atoms with Gasteiger partial charge in [-0.3, -0.25) is 81.5 Å². The van der Waals surface area contributed by atoms with Gasteiger partial charge in [0.2, 0.25) is 41.4 Å². The second-order valence-electron chi connectivity index (χ2n) is 30.3. The number of nitrogens with one attached hydrogen (secondary N) is 7. The summed E-state index contributed by atoms with van der Waals surface area (Å²) < 4.78 is 104. The summed E-state index contributed by atoms with van der Waals surface area (Å²) in [6.45, 7) is 13.4. The van der Waals surface area contributed by atoms with Gasteiger partial charge in [-0.1, -0.05) is 44.9 Å². The third-order valence-corrected chi connectivity index (χ3v) is 19.3. The first kappa shape index (κ1) is 108. The molecule has 18 atom stereocenters. The summed E-state index contributed by atoms with van der Waals surface area (Å²) in [4.78, 5) is 212. The lowest BCUT2D eigenvalue weighted by Crippen LogP contribution is -2.66. The monoisotopic (exact) mass is 1790 g/mol. The van der Waals surface area contributed by atoms with Crippen LogP contribution in [0.4, 0.5) is 0 Å². The maximum Gasteiger partial charge on any atom is 0.303 e. The van der Waals surface area contributed by atoms with Crippen molar-refractivity contribution >= 4 is 101 Å². The van der Waals surface area contributed by atoms with Gasteiger partial charge < -0.3 is 128 Å². The van der Waals surface area contributed by atoms with E-state index >= 15 is 0 Å². The normalized spacial score (nSPS) is 24.4. The Balaban J connectivity index is 1.42. The quantitative estimate of drug-likeness (QED) is 0.0243. The molecule has 0 spiro atoms. The van der Waals surface area contributed by atoms with Gasteiger partial charge in [0.05, 0.1) is 25.9 Å². The number of rotatable bonds is 58. The zero-order valence-corrected chi connectivity index (χ0v) is 73.5. The number of aliphatic carboxylic acids is 1. The van der Waals surface area contributed by atoms with Gasteiger partial charge in [-0.25, -0.2) is 0 Å². The summed E-state index contributed by atoms with van der Waals surface area (Å²) in [5, 5.41) is 28.6. The van der Waals surface area contributed by atoms with E-state index < -0.39 is 213 Å². The van der Waals surface area contributed by atoms with Crippen molar-refractivity contribution in [3.8, 4) is 0 Å². The standard InChI is InChI=1S/C82H129N7O36/c1-47(90)87-69-76(120-56(10)99)73(117-53(7)96)62(44-114-50(4)93)123-80(69)111-36-25-16-13-21-32-83-65(102)29-39-108-60-42-59(79(107)86-35-24-19-20-28-68(105)106)43-61(109-40-30-66(103)84-33-22-14-17-26-37-112-81-70(88-48(2)91)77(121-57(11)100)74(118-54(8)97)63(124-81)45-115-51(5)94)72(60)110-41-31-67(104)85-34-23-15-18-27-38-113-82-71(89-49(3)92)78(122-58(12)101)75(119-55(9)98)64(125-82)46-116-52(6)95/h42,60-64,69-78,80-82H,13-41,43-46H2,1-12H3,(H,83,102)(H,84,103)(H,85,104)(H,86,107)(H,87,90)(H,88,91)(H,89,92)(H,105,106)/t60-,61-,62-,63-,64-,69-,70-,71-,72-,73?,74+,75?,76-,77-,78-,80-,81?,82-/m1/s1. The molecule has 4 rings (SSSR count). The molecule has 43 nitrogen and oxygen atoms in total. The van der Waals surface area contributed by atoms with Crippen LogP contribution in [0.25, 0.3) is 0 Å². The summed E-state index contributed by atoms with van der Waals surface area (Å²) in [5.74, 6) is -10.7. The highest BCUT2D eigenvalue weighted by Gasteiger charge is 2.55. The van der Waals surface area contributed by atoms with Gasteiger partial charge in [0.15, 0.2) is 55.5 Å². The van der Waals surface area contributed by atoms with Gasteiger partial charge in [0.25, 0.3) is 0 Å². The third kappa shape index (κ3) is 43.9. The lowest BCUT2D eigenvalue weighted by Gasteiger charge is -2.44. The van der Waals surface area contributed by atoms with E-state index in [-0.39, 0.29) is 121 Å². The molecule has 125 heavy (non-hydrogen) atoms. The van der Waals surface area contributed by atoms with Crippen molar-refractivity contribution in [3.63, 3.8) is 0 Å². The molecule has 0 radical (unpaired) electrons. The van der Waals surface area contributed by atoms with E-state index in [4.69, 9.17) is 90.4 Å². The Kier molecular flexibility index (Phi) is 51.1. The smallest absolute Gasteiger partial charge is 0.303 e.